The van der Waals surface area contributed by atoms with Gasteiger partial charge in [0.25, 0.3) is 0 Å². The van der Waals surface area contributed by atoms with Crippen molar-refractivity contribution in [2.75, 3.05) is 0 Å². The largest absolute Gasteiger partial charge is 0.384 e. The van der Waals surface area contributed by atoms with Crippen molar-refractivity contribution < 1.29 is 5.11 Å². The zero-order valence-corrected chi connectivity index (χ0v) is 10.3. The molecule has 2 rings (SSSR count). The summed E-state index contributed by atoms with van der Waals surface area (Å²) < 4.78 is 0. The molecule has 1 fully saturated rings. The highest BCUT2D eigenvalue weighted by Crippen LogP contribution is 2.30. The van der Waals surface area contributed by atoms with Crippen LogP contribution in [0.2, 0.25) is 0 Å². The minimum atomic E-state index is -0.582. The molecule has 90 valence electrons. The molecule has 1 heterocycles. The van der Waals surface area contributed by atoms with Crippen LogP contribution in [-0.4, -0.2) is 16.1 Å². The van der Waals surface area contributed by atoms with Crippen molar-refractivity contribution in [2.24, 2.45) is 11.7 Å². The maximum Gasteiger partial charge on any atom is 0.123 e. The maximum absolute atomic E-state index is 10.0. The minimum Gasteiger partial charge on any atom is -0.384 e. The first-order chi connectivity index (χ1) is 7.77. The van der Waals surface area contributed by atoms with Gasteiger partial charge in [-0.1, -0.05) is 32.1 Å². The Labute approximate surface area is 101 Å². The Bertz CT molecular complexity index is 296. The van der Waals surface area contributed by atoms with Crippen LogP contribution in [-0.2, 0) is 0 Å². The van der Waals surface area contributed by atoms with Crippen LogP contribution in [0.25, 0.3) is 0 Å². The third-order valence-corrected chi connectivity index (χ3v) is 4.29. The second-order valence-electron chi connectivity index (χ2n) is 4.72. The topological polar surface area (TPSA) is 59.1 Å². The Hall–Kier alpha value is -0.450. The molecule has 0 aliphatic heterocycles. The lowest BCUT2D eigenvalue weighted by Crippen LogP contribution is -2.31. The molecule has 0 spiro atoms. The van der Waals surface area contributed by atoms with Gasteiger partial charge in [0.1, 0.15) is 11.1 Å². The van der Waals surface area contributed by atoms with Crippen LogP contribution >= 0.6 is 11.3 Å². The van der Waals surface area contributed by atoms with Gasteiger partial charge in [-0.3, -0.25) is 0 Å². The first kappa shape index (κ1) is 12.0. The first-order valence-electron chi connectivity index (χ1n) is 6.10. The molecular weight excluding hydrogens is 220 g/mol. The molecular formula is C12H20N2OS. The number of aliphatic hydroxyl groups excluding tert-OH is 1. The van der Waals surface area contributed by atoms with Crippen LogP contribution in [0, 0.1) is 5.92 Å². The summed E-state index contributed by atoms with van der Waals surface area (Å²) in [5.74, 6) is 0.707. The molecule has 1 aromatic rings. The van der Waals surface area contributed by atoms with Gasteiger partial charge in [-0.15, -0.1) is 11.3 Å². The van der Waals surface area contributed by atoms with Crippen molar-refractivity contribution in [3.8, 4) is 0 Å². The fourth-order valence-corrected chi connectivity index (χ4v) is 3.20. The van der Waals surface area contributed by atoms with Crippen LogP contribution < -0.4 is 5.73 Å². The number of rotatable bonds is 4. The van der Waals surface area contributed by atoms with Gasteiger partial charge in [0.05, 0.1) is 0 Å². The van der Waals surface area contributed by atoms with E-state index in [4.69, 9.17) is 5.73 Å². The number of aliphatic hydroxyl groups is 1. The predicted molar refractivity (Wildman–Crippen MR) is 66.2 cm³/mol. The summed E-state index contributed by atoms with van der Waals surface area (Å²) >= 11 is 1.48. The lowest BCUT2D eigenvalue weighted by atomic mass is 9.84. The van der Waals surface area contributed by atoms with Gasteiger partial charge in [-0.2, -0.15) is 0 Å². The summed E-state index contributed by atoms with van der Waals surface area (Å²) in [6.07, 6.45) is 8.63. The van der Waals surface area contributed by atoms with E-state index < -0.39 is 6.10 Å². The fourth-order valence-electron chi connectivity index (χ4n) is 2.50. The van der Waals surface area contributed by atoms with Crippen molar-refractivity contribution in [1.29, 1.82) is 0 Å². The zero-order chi connectivity index (χ0) is 11.4. The Morgan fingerprint density at radius 3 is 2.81 bits per heavy atom. The smallest absolute Gasteiger partial charge is 0.123 e. The van der Waals surface area contributed by atoms with Crippen molar-refractivity contribution in [2.45, 2.75) is 50.7 Å². The Morgan fingerprint density at radius 1 is 1.44 bits per heavy atom. The van der Waals surface area contributed by atoms with Crippen LogP contribution in [0.4, 0.5) is 0 Å². The molecule has 0 aromatic carbocycles. The molecule has 1 aromatic heterocycles. The third kappa shape index (κ3) is 3.03. The van der Waals surface area contributed by atoms with E-state index in [2.05, 4.69) is 4.98 Å². The van der Waals surface area contributed by atoms with E-state index in [9.17, 15) is 5.11 Å². The average Bonchev–Trinajstić information content (AvgIpc) is 2.83. The van der Waals surface area contributed by atoms with Crippen molar-refractivity contribution in [3.05, 3.63) is 16.6 Å². The molecule has 3 nitrogen and oxygen atoms in total. The highest BCUT2D eigenvalue weighted by molar-refractivity contribution is 7.09. The maximum atomic E-state index is 10.0. The van der Waals surface area contributed by atoms with Gasteiger partial charge in [0, 0.05) is 17.6 Å². The molecule has 2 atom stereocenters. The molecule has 1 aliphatic carbocycles. The molecule has 1 aliphatic rings. The molecule has 3 N–H and O–H groups in total. The van der Waals surface area contributed by atoms with E-state index in [0.717, 1.165) is 11.4 Å². The SMILES string of the molecule is NC(CC1CCCCC1)[C@H](O)c1nccs1. The summed E-state index contributed by atoms with van der Waals surface area (Å²) in [5, 5.41) is 12.7. The molecule has 1 saturated carbocycles. The standard InChI is InChI=1S/C12H20N2OS/c13-10(8-9-4-2-1-3-5-9)11(15)12-14-6-7-16-12/h6-7,9-11,15H,1-5,8,13H2/t10?,11-/m0/s1. The van der Waals surface area contributed by atoms with Crippen LogP contribution in [0.5, 0.6) is 0 Å². The van der Waals surface area contributed by atoms with Crippen LogP contribution in [0.3, 0.4) is 0 Å². The van der Waals surface area contributed by atoms with Crippen molar-refractivity contribution in [3.63, 3.8) is 0 Å². The Balaban J connectivity index is 1.84. The number of hydrogen-bond acceptors (Lipinski definition) is 4. The number of hydrogen-bond donors (Lipinski definition) is 2. The first-order valence-corrected chi connectivity index (χ1v) is 6.98. The van der Waals surface area contributed by atoms with Crippen LogP contribution in [0.1, 0.15) is 49.6 Å². The van der Waals surface area contributed by atoms with E-state index in [1.807, 2.05) is 5.38 Å². The summed E-state index contributed by atoms with van der Waals surface area (Å²) in [5.41, 5.74) is 6.06. The number of nitrogens with zero attached hydrogens (tertiary/aromatic N) is 1. The van der Waals surface area contributed by atoms with Crippen LogP contribution in [0.15, 0.2) is 11.6 Å². The van der Waals surface area contributed by atoms with Gasteiger partial charge in [-0.05, 0) is 12.3 Å². The molecule has 0 radical (unpaired) electrons. The Morgan fingerprint density at radius 2 is 2.19 bits per heavy atom. The predicted octanol–water partition coefficient (Wildman–Crippen LogP) is 2.47. The van der Waals surface area contributed by atoms with Gasteiger partial charge < -0.3 is 10.8 Å². The van der Waals surface area contributed by atoms with Gasteiger partial charge in [0.15, 0.2) is 0 Å². The van der Waals surface area contributed by atoms with E-state index in [0.29, 0.717) is 5.92 Å². The molecule has 16 heavy (non-hydrogen) atoms. The number of aromatic nitrogens is 1. The molecule has 0 saturated heterocycles. The van der Waals surface area contributed by atoms with E-state index in [-0.39, 0.29) is 6.04 Å². The lowest BCUT2D eigenvalue weighted by Gasteiger charge is -2.26. The summed E-state index contributed by atoms with van der Waals surface area (Å²) in [6, 6.07) is -0.158. The lowest BCUT2D eigenvalue weighted by molar-refractivity contribution is 0.127. The Kier molecular flexibility index (Phi) is 4.32. The monoisotopic (exact) mass is 240 g/mol. The zero-order valence-electron chi connectivity index (χ0n) is 9.51. The summed E-state index contributed by atoms with van der Waals surface area (Å²) in [6.45, 7) is 0. The van der Waals surface area contributed by atoms with Gasteiger partial charge in [0.2, 0.25) is 0 Å². The molecule has 4 heteroatoms. The molecule has 0 amide bonds. The minimum absolute atomic E-state index is 0.158. The second kappa shape index (κ2) is 5.75. The number of thiazole rings is 1. The van der Waals surface area contributed by atoms with E-state index in [1.54, 1.807) is 6.20 Å². The van der Waals surface area contributed by atoms with Gasteiger partial charge in [-0.25, -0.2) is 4.98 Å². The van der Waals surface area contributed by atoms with E-state index in [1.165, 1.54) is 43.4 Å². The third-order valence-electron chi connectivity index (χ3n) is 3.44. The van der Waals surface area contributed by atoms with Gasteiger partial charge >= 0.3 is 0 Å². The summed E-state index contributed by atoms with van der Waals surface area (Å²) in [4.78, 5) is 4.12. The van der Waals surface area contributed by atoms with Crippen molar-refractivity contribution >= 4 is 11.3 Å². The molecule has 0 bridgehead atoms. The average molecular weight is 240 g/mol. The normalized spacial score (nSPS) is 21.9. The summed E-state index contributed by atoms with van der Waals surface area (Å²) in [7, 11) is 0. The van der Waals surface area contributed by atoms with E-state index >= 15 is 0 Å². The molecule has 1 unspecified atom stereocenters. The fraction of sp³-hybridized carbons (Fsp3) is 0.750. The number of nitrogens with two attached hydrogens (primary N) is 1. The second-order valence-corrected chi connectivity index (χ2v) is 5.64. The quantitative estimate of drug-likeness (QED) is 0.850. The van der Waals surface area contributed by atoms with Crippen molar-refractivity contribution in [1.82, 2.24) is 4.98 Å². The highest BCUT2D eigenvalue weighted by atomic mass is 32.1. The highest BCUT2D eigenvalue weighted by Gasteiger charge is 2.23.